The molecule has 1 atom stereocenters. The molecule has 0 amide bonds. The largest absolute Gasteiger partial charge is 0.329 e. The highest BCUT2D eigenvalue weighted by Crippen LogP contribution is 2.29. The fraction of sp³-hybridized carbons (Fsp3) is 0.429. The van der Waals surface area contributed by atoms with E-state index in [9.17, 15) is 8.42 Å². The lowest BCUT2D eigenvalue weighted by Crippen LogP contribution is -2.32. The molecule has 29 heavy (non-hydrogen) atoms. The monoisotopic (exact) mass is 413 g/mol. The zero-order valence-electron chi connectivity index (χ0n) is 17.1. The minimum absolute atomic E-state index is 0.0549. The summed E-state index contributed by atoms with van der Waals surface area (Å²) in [7, 11) is -2.86. The minimum Gasteiger partial charge on any atom is -0.329 e. The number of nitrogens with zero attached hydrogens (tertiary/aromatic N) is 4. The topological polar surface area (TPSA) is 81.8 Å². The van der Waals surface area contributed by atoms with Crippen LogP contribution in [-0.4, -0.2) is 51.8 Å². The summed E-state index contributed by atoms with van der Waals surface area (Å²) in [5.41, 5.74) is 6.41. The molecule has 0 saturated carbocycles. The lowest BCUT2D eigenvalue weighted by atomic mass is 10.1. The molecule has 0 radical (unpaired) electrons. The van der Waals surface area contributed by atoms with Gasteiger partial charge in [0.15, 0.2) is 9.84 Å². The molecule has 1 aliphatic heterocycles. The molecule has 154 valence electrons. The van der Waals surface area contributed by atoms with Crippen LogP contribution in [0.3, 0.4) is 0 Å². The van der Waals surface area contributed by atoms with Gasteiger partial charge < -0.3 is 9.88 Å². The highest BCUT2D eigenvalue weighted by molar-refractivity contribution is 7.91. The van der Waals surface area contributed by atoms with Crippen LogP contribution in [0.2, 0.25) is 0 Å². The van der Waals surface area contributed by atoms with Gasteiger partial charge in [0.1, 0.15) is 0 Å². The summed E-state index contributed by atoms with van der Waals surface area (Å²) in [4.78, 5) is 4.36. The normalized spacial score (nSPS) is 18.4. The van der Waals surface area contributed by atoms with Crippen molar-refractivity contribution in [3.05, 3.63) is 53.7 Å². The van der Waals surface area contributed by atoms with E-state index in [2.05, 4.69) is 40.8 Å². The van der Waals surface area contributed by atoms with E-state index in [1.807, 2.05) is 36.3 Å². The van der Waals surface area contributed by atoms with Gasteiger partial charge in [-0.2, -0.15) is 5.10 Å². The van der Waals surface area contributed by atoms with Gasteiger partial charge in [0.05, 0.1) is 46.8 Å². The Bertz CT molecular complexity index is 1130. The number of nitrogens with one attached hydrogen (secondary N) is 1. The molecular weight excluding hydrogens is 386 g/mol. The van der Waals surface area contributed by atoms with Crippen molar-refractivity contribution in [2.45, 2.75) is 39.8 Å². The Kier molecular flexibility index (Phi) is 5.31. The molecule has 1 aromatic carbocycles. The zero-order valence-corrected chi connectivity index (χ0v) is 17.9. The molecule has 0 spiro atoms. The third-order valence-electron chi connectivity index (χ3n) is 5.62. The number of aromatic nitrogens is 4. The molecule has 2 aromatic heterocycles. The van der Waals surface area contributed by atoms with Crippen molar-refractivity contribution in [3.63, 3.8) is 0 Å². The number of sulfone groups is 1. The maximum atomic E-state index is 11.6. The number of aryl methyl sites for hydroxylation is 2. The van der Waals surface area contributed by atoms with Crippen molar-refractivity contribution < 1.29 is 8.42 Å². The summed E-state index contributed by atoms with van der Waals surface area (Å²) >= 11 is 0. The second-order valence-corrected chi connectivity index (χ2v) is 10.00. The average molecular weight is 414 g/mol. The number of hydrogen-bond acceptors (Lipinski definition) is 5. The standard InChI is InChI=1S/C21H27N5O2S/c1-15-6-4-5-7-19(15)26-17(3)21(16(2)24-26)20-12-22-14-25(20)10-9-23-18-8-11-29(27,28)13-18/h4-7,12,14,18,23H,8-11,13H2,1-3H3. The second-order valence-electron chi connectivity index (χ2n) is 7.77. The highest BCUT2D eigenvalue weighted by atomic mass is 32.2. The molecule has 7 nitrogen and oxygen atoms in total. The predicted octanol–water partition coefficient (Wildman–Crippen LogP) is 2.44. The van der Waals surface area contributed by atoms with E-state index in [-0.39, 0.29) is 17.5 Å². The molecule has 1 aliphatic rings. The van der Waals surface area contributed by atoms with Gasteiger partial charge in [0.2, 0.25) is 0 Å². The Morgan fingerprint density at radius 3 is 2.72 bits per heavy atom. The average Bonchev–Trinajstić information content (AvgIpc) is 3.34. The van der Waals surface area contributed by atoms with Crippen LogP contribution in [0.1, 0.15) is 23.4 Å². The van der Waals surface area contributed by atoms with Crippen molar-refractivity contribution in [1.82, 2.24) is 24.6 Å². The van der Waals surface area contributed by atoms with Crippen LogP contribution in [0.15, 0.2) is 36.8 Å². The molecule has 4 rings (SSSR count). The van der Waals surface area contributed by atoms with Gasteiger partial charge in [-0.15, -0.1) is 0 Å². The second kappa shape index (κ2) is 7.76. The van der Waals surface area contributed by atoms with E-state index in [0.29, 0.717) is 13.0 Å². The molecule has 1 saturated heterocycles. The lowest BCUT2D eigenvalue weighted by molar-refractivity contribution is 0.521. The quantitative estimate of drug-likeness (QED) is 0.671. The molecular formula is C21H27N5O2S. The fourth-order valence-corrected chi connectivity index (χ4v) is 5.81. The summed E-state index contributed by atoms with van der Waals surface area (Å²) in [5, 5.41) is 8.16. The molecule has 0 aliphatic carbocycles. The van der Waals surface area contributed by atoms with Gasteiger partial charge >= 0.3 is 0 Å². The number of benzene rings is 1. The molecule has 1 fully saturated rings. The van der Waals surface area contributed by atoms with E-state index < -0.39 is 9.84 Å². The lowest BCUT2D eigenvalue weighted by Gasteiger charge is -2.13. The third kappa shape index (κ3) is 4.00. The first-order valence-corrected chi connectivity index (χ1v) is 11.7. The van der Waals surface area contributed by atoms with Crippen LogP contribution < -0.4 is 5.32 Å². The summed E-state index contributed by atoms with van der Waals surface area (Å²) in [5.74, 6) is 0.530. The van der Waals surface area contributed by atoms with Gasteiger partial charge in [-0.3, -0.25) is 0 Å². The van der Waals surface area contributed by atoms with Gasteiger partial charge in [-0.1, -0.05) is 18.2 Å². The van der Waals surface area contributed by atoms with E-state index in [1.165, 1.54) is 5.56 Å². The summed E-state index contributed by atoms with van der Waals surface area (Å²) in [6.45, 7) is 7.62. The maximum Gasteiger partial charge on any atom is 0.151 e. The molecule has 3 aromatic rings. The molecule has 3 heterocycles. The first-order valence-electron chi connectivity index (χ1n) is 9.92. The Labute approximate surface area is 171 Å². The number of imidazole rings is 1. The maximum absolute atomic E-state index is 11.6. The fourth-order valence-electron chi connectivity index (χ4n) is 4.10. The summed E-state index contributed by atoms with van der Waals surface area (Å²) in [6, 6.07) is 8.28. The van der Waals surface area contributed by atoms with Gasteiger partial charge in [0, 0.05) is 24.7 Å². The van der Waals surface area contributed by atoms with E-state index >= 15 is 0 Å². The first kappa shape index (κ1) is 19.8. The predicted molar refractivity (Wildman–Crippen MR) is 114 cm³/mol. The Hall–Kier alpha value is -2.45. The molecule has 0 bridgehead atoms. The number of rotatable bonds is 6. The third-order valence-corrected chi connectivity index (χ3v) is 7.39. The van der Waals surface area contributed by atoms with Gasteiger partial charge in [-0.05, 0) is 38.8 Å². The van der Waals surface area contributed by atoms with E-state index in [0.717, 1.165) is 34.9 Å². The van der Waals surface area contributed by atoms with Crippen molar-refractivity contribution in [2.24, 2.45) is 0 Å². The highest BCUT2D eigenvalue weighted by Gasteiger charge is 2.27. The van der Waals surface area contributed by atoms with E-state index in [1.54, 1.807) is 0 Å². The van der Waals surface area contributed by atoms with Crippen molar-refractivity contribution in [1.29, 1.82) is 0 Å². The molecule has 1 unspecified atom stereocenters. The van der Waals surface area contributed by atoms with Crippen LogP contribution in [0, 0.1) is 20.8 Å². The first-order chi connectivity index (χ1) is 13.9. The van der Waals surface area contributed by atoms with Crippen LogP contribution in [-0.2, 0) is 16.4 Å². The van der Waals surface area contributed by atoms with Crippen LogP contribution in [0.25, 0.3) is 16.9 Å². The number of hydrogen-bond donors (Lipinski definition) is 1. The minimum atomic E-state index is -2.86. The summed E-state index contributed by atoms with van der Waals surface area (Å²) < 4.78 is 27.4. The van der Waals surface area contributed by atoms with E-state index in [4.69, 9.17) is 5.10 Å². The van der Waals surface area contributed by atoms with Crippen molar-refractivity contribution in [3.8, 4) is 16.9 Å². The van der Waals surface area contributed by atoms with Gasteiger partial charge in [-0.25, -0.2) is 18.1 Å². The summed E-state index contributed by atoms with van der Waals surface area (Å²) in [6.07, 6.45) is 4.39. The SMILES string of the molecule is Cc1ccccc1-n1nc(C)c(-c2cncn2CCNC2CCS(=O)(=O)C2)c1C. The van der Waals surface area contributed by atoms with Crippen LogP contribution in [0.4, 0.5) is 0 Å². The Morgan fingerprint density at radius 2 is 2.00 bits per heavy atom. The molecule has 8 heteroatoms. The zero-order chi connectivity index (χ0) is 20.6. The number of para-hydroxylation sites is 1. The Balaban J connectivity index is 1.55. The van der Waals surface area contributed by atoms with Crippen molar-refractivity contribution in [2.75, 3.05) is 18.1 Å². The molecule has 1 N–H and O–H groups in total. The van der Waals surface area contributed by atoms with Crippen LogP contribution >= 0.6 is 0 Å². The Morgan fingerprint density at radius 1 is 1.21 bits per heavy atom. The van der Waals surface area contributed by atoms with Gasteiger partial charge in [0.25, 0.3) is 0 Å². The van der Waals surface area contributed by atoms with Crippen molar-refractivity contribution >= 4 is 9.84 Å². The van der Waals surface area contributed by atoms with Crippen LogP contribution in [0.5, 0.6) is 0 Å². The smallest absolute Gasteiger partial charge is 0.151 e.